The second-order valence-corrected chi connectivity index (χ2v) is 4.35. The lowest BCUT2D eigenvalue weighted by atomic mass is 10.1. The van der Waals surface area contributed by atoms with E-state index in [1.54, 1.807) is 6.07 Å². The van der Waals surface area contributed by atoms with Crippen molar-refractivity contribution in [3.8, 4) is 0 Å². The van der Waals surface area contributed by atoms with Crippen LogP contribution in [-0.4, -0.2) is 29.9 Å². The van der Waals surface area contributed by atoms with E-state index in [-0.39, 0.29) is 5.91 Å². The van der Waals surface area contributed by atoms with Crippen LogP contribution in [-0.2, 0) is 6.54 Å². The van der Waals surface area contributed by atoms with Crippen LogP contribution in [0.3, 0.4) is 0 Å². The quantitative estimate of drug-likeness (QED) is 0.769. The van der Waals surface area contributed by atoms with E-state index in [0.29, 0.717) is 11.6 Å². The number of nitrogens with zero attached hydrogens (tertiary/aromatic N) is 1. The van der Waals surface area contributed by atoms with E-state index >= 15 is 0 Å². The largest absolute Gasteiger partial charge is 0.366 e. The highest BCUT2D eigenvalue weighted by molar-refractivity contribution is 5.92. The van der Waals surface area contributed by atoms with Crippen LogP contribution in [0.2, 0.25) is 0 Å². The van der Waals surface area contributed by atoms with Crippen LogP contribution in [0, 0.1) is 0 Å². The topological polar surface area (TPSA) is 72.4 Å². The number of nitrogens with two attached hydrogens (primary N) is 2. The third-order valence-electron chi connectivity index (χ3n) is 2.93. The smallest absolute Gasteiger partial charge is 0.248 e. The molecule has 4 N–H and O–H groups in total. The summed E-state index contributed by atoms with van der Waals surface area (Å²) in [5, 5.41) is 0. The summed E-state index contributed by atoms with van der Waals surface area (Å²) in [4.78, 5) is 13.3. The van der Waals surface area contributed by atoms with Gasteiger partial charge in [-0.05, 0) is 24.1 Å². The molecular weight excluding hydrogens is 202 g/mol. The Morgan fingerprint density at radius 1 is 1.50 bits per heavy atom. The third-order valence-corrected chi connectivity index (χ3v) is 2.93. The Balaban J connectivity index is 2.04. The van der Waals surface area contributed by atoms with Crippen LogP contribution in [0.1, 0.15) is 22.3 Å². The van der Waals surface area contributed by atoms with Gasteiger partial charge in [0.15, 0.2) is 0 Å². The Hall–Kier alpha value is -1.39. The number of hydrogen-bond donors (Lipinski definition) is 2. The summed E-state index contributed by atoms with van der Waals surface area (Å²) in [6.07, 6.45) is 1.05. The first kappa shape index (κ1) is 11.1. The fourth-order valence-corrected chi connectivity index (χ4v) is 2.09. The monoisotopic (exact) mass is 219 g/mol. The Labute approximate surface area is 95.2 Å². The average molecular weight is 219 g/mol. The highest BCUT2D eigenvalue weighted by Crippen LogP contribution is 2.13. The summed E-state index contributed by atoms with van der Waals surface area (Å²) in [7, 11) is 0. The zero-order valence-corrected chi connectivity index (χ0v) is 9.23. The van der Waals surface area contributed by atoms with Crippen LogP contribution in [0.25, 0.3) is 0 Å². The summed E-state index contributed by atoms with van der Waals surface area (Å²) in [5.74, 6) is -0.375. The van der Waals surface area contributed by atoms with Gasteiger partial charge in [-0.25, -0.2) is 0 Å². The van der Waals surface area contributed by atoms with E-state index in [4.69, 9.17) is 11.5 Å². The van der Waals surface area contributed by atoms with Crippen molar-refractivity contribution < 1.29 is 4.79 Å². The third kappa shape index (κ3) is 2.59. The van der Waals surface area contributed by atoms with Gasteiger partial charge in [-0.2, -0.15) is 0 Å². The number of carbonyl (C=O) groups excluding carboxylic acids is 1. The van der Waals surface area contributed by atoms with Gasteiger partial charge in [0.05, 0.1) is 0 Å². The van der Waals surface area contributed by atoms with Crippen LogP contribution in [0.15, 0.2) is 24.3 Å². The summed E-state index contributed by atoms with van der Waals surface area (Å²) in [5.41, 5.74) is 12.8. The van der Waals surface area contributed by atoms with Gasteiger partial charge < -0.3 is 11.5 Å². The van der Waals surface area contributed by atoms with Gasteiger partial charge in [0, 0.05) is 31.2 Å². The summed E-state index contributed by atoms with van der Waals surface area (Å²) >= 11 is 0. The van der Waals surface area contributed by atoms with Crippen molar-refractivity contribution in [3.63, 3.8) is 0 Å². The molecule has 4 heteroatoms. The normalized spacial score (nSPS) is 21.2. The number of carbonyl (C=O) groups is 1. The van der Waals surface area contributed by atoms with Crippen LogP contribution < -0.4 is 11.5 Å². The van der Waals surface area contributed by atoms with Crippen LogP contribution in [0.4, 0.5) is 0 Å². The fourth-order valence-electron chi connectivity index (χ4n) is 2.09. The van der Waals surface area contributed by atoms with E-state index in [1.807, 2.05) is 18.2 Å². The molecule has 1 fully saturated rings. The van der Waals surface area contributed by atoms with Gasteiger partial charge in [0.2, 0.25) is 5.91 Å². The van der Waals surface area contributed by atoms with E-state index in [0.717, 1.165) is 31.6 Å². The second-order valence-electron chi connectivity index (χ2n) is 4.35. The van der Waals surface area contributed by atoms with Gasteiger partial charge in [0.25, 0.3) is 0 Å². The van der Waals surface area contributed by atoms with Gasteiger partial charge in [-0.3, -0.25) is 9.69 Å². The molecule has 86 valence electrons. The molecule has 1 saturated heterocycles. The number of hydrogen-bond acceptors (Lipinski definition) is 3. The van der Waals surface area contributed by atoms with Crippen molar-refractivity contribution in [3.05, 3.63) is 35.4 Å². The SMILES string of the molecule is NC(=O)c1cccc(CN2CC[C@H](N)C2)c1. The molecule has 0 spiro atoms. The minimum atomic E-state index is -0.375. The molecule has 1 aromatic rings. The van der Waals surface area contributed by atoms with Crippen molar-refractivity contribution in [2.75, 3.05) is 13.1 Å². The maximum Gasteiger partial charge on any atom is 0.248 e. The zero-order chi connectivity index (χ0) is 11.5. The molecular formula is C12H17N3O. The maximum absolute atomic E-state index is 11.0. The highest BCUT2D eigenvalue weighted by Gasteiger charge is 2.18. The highest BCUT2D eigenvalue weighted by atomic mass is 16.1. The van der Waals surface area contributed by atoms with E-state index < -0.39 is 0 Å². The Morgan fingerprint density at radius 3 is 2.94 bits per heavy atom. The van der Waals surface area contributed by atoms with Crippen molar-refractivity contribution in [1.29, 1.82) is 0 Å². The first-order valence-corrected chi connectivity index (χ1v) is 5.52. The first-order chi connectivity index (χ1) is 7.65. The summed E-state index contributed by atoms with van der Waals surface area (Å²) in [6.45, 7) is 2.80. The average Bonchev–Trinajstić information content (AvgIpc) is 2.64. The van der Waals surface area contributed by atoms with Crippen molar-refractivity contribution in [2.45, 2.75) is 19.0 Å². The molecule has 0 aromatic heterocycles. The minimum absolute atomic E-state index is 0.291. The van der Waals surface area contributed by atoms with Gasteiger partial charge in [-0.15, -0.1) is 0 Å². The van der Waals surface area contributed by atoms with Gasteiger partial charge in [-0.1, -0.05) is 12.1 Å². The molecule has 16 heavy (non-hydrogen) atoms. The van der Waals surface area contributed by atoms with Crippen molar-refractivity contribution in [1.82, 2.24) is 4.90 Å². The molecule has 2 rings (SSSR count). The molecule has 1 atom stereocenters. The Bertz CT molecular complexity index is 392. The number of rotatable bonds is 3. The lowest BCUT2D eigenvalue weighted by Gasteiger charge is -2.15. The molecule has 1 aromatic carbocycles. The number of primary amides is 1. The number of amides is 1. The van der Waals surface area contributed by atoms with Gasteiger partial charge >= 0.3 is 0 Å². The van der Waals surface area contributed by atoms with Crippen LogP contribution >= 0.6 is 0 Å². The Morgan fingerprint density at radius 2 is 2.31 bits per heavy atom. The Kier molecular flexibility index (Phi) is 3.22. The molecule has 1 aliphatic heterocycles. The number of benzene rings is 1. The molecule has 4 nitrogen and oxygen atoms in total. The van der Waals surface area contributed by atoms with E-state index in [2.05, 4.69) is 4.90 Å². The number of likely N-dealkylation sites (tertiary alicyclic amines) is 1. The molecule has 0 bridgehead atoms. The molecule has 0 aliphatic carbocycles. The molecule has 1 aliphatic rings. The standard InChI is InChI=1S/C12H17N3O/c13-11-4-5-15(8-11)7-9-2-1-3-10(6-9)12(14)16/h1-3,6,11H,4-5,7-8,13H2,(H2,14,16)/t11-/m0/s1. The fraction of sp³-hybridized carbons (Fsp3) is 0.417. The zero-order valence-electron chi connectivity index (χ0n) is 9.23. The van der Waals surface area contributed by atoms with Crippen molar-refractivity contribution >= 4 is 5.91 Å². The predicted molar refractivity (Wildman–Crippen MR) is 62.8 cm³/mol. The van der Waals surface area contributed by atoms with E-state index in [1.165, 1.54) is 0 Å². The predicted octanol–water partition coefficient (Wildman–Crippen LogP) is 0.319. The molecule has 1 heterocycles. The molecule has 0 radical (unpaired) electrons. The minimum Gasteiger partial charge on any atom is -0.366 e. The molecule has 0 unspecified atom stereocenters. The summed E-state index contributed by atoms with van der Waals surface area (Å²) < 4.78 is 0. The lowest BCUT2D eigenvalue weighted by molar-refractivity contribution is 0.1000. The first-order valence-electron chi connectivity index (χ1n) is 5.52. The second kappa shape index (κ2) is 4.63. The summed E-state index contributed by atoms with van der Waals surface area (Å²) in [6, 6.07) is 7.76. The lowest BCUT2D eigenvalue weighted by Crippen LogP contribution is -2.26. The van der Waals surface area contributed by atoms with E-state index in [9.17, 15) is 4.79 Å². The van der Waals surface area contributed by atoms with Gasteiger partial charge in [0.1, 0.15) is 0 Å². The van der Waals surface area contributed by atoms with Crippen molar-refractivity contribution in [2.24, 2.45) is 11.5 Å². The molecule has 1 amide bonds. The maximum atomic E-state index is 11.0. The molecule has 0 saturated carbocycles. The van der Waals surface area contributed by atoms with Crippen LogP contribution in [0.5, 0.6) is 0 Å².